The monoisotopic (exact) mass is 369 g/mol. The zero-order valence-corrected chi connectivity index (χ0v) is 14.1. The van der Waals surface area contributed by atoms with Crippen LogP contribution in [0.3, 0.4) is 0 Å². The molecule has 9 heteroatoms. The van der Waals surface area contributed by atoms with Gasteiger partial charge in [-0.2, -0.15) is 0 Å². The molecular weight excluding hydrogens is 356 g/mol. The van der Waals surface area contributed by atoms with Crippen LogP contribution in [0.15, 0.2) is 24.5 Å². The van der Waals surface area contributed by atoms with Crippen molar-refractivity contribution in [3.63, 3.8) is 0 Å². The minimum atomic E-state index is -0.624. The van der Waals surface area contributed by atoms with Crippen LogP contribution >= 0.6 is 23.2 Å². The van der Waals surface area contributed by atoms with Crippen LogP contribution in [0.4, 0.5) is 16.0 Å². The number of carbonyl (C=O) groups is 1. The van der Waals surface area contributed by atoms with Gasteiger partial charge >= 0.3 is 0 Å². The number of hydrogen-bond acceptors (Lipinski definition) is 5. The summed E-state index contributed by atoms with van der Waals surface area (Å²) in [4.78, 5) is 23.9. The number of nitrogen functional groups attached to an aromatic ring is 1. The molecule has 0 unspecified atom stereocenters. The van der Waals surface area contributed by atoms with E-state index in [4.69, 9.17) is 28.9 Å². The molecule has 0 bridgehead atoms. The van der Waals surface area contributed by atoms with Crippen molar-refractivity contribution >= 4 is 40.7 Å². The van der Waals surface area contributed by atoms with E-state index in [1.807, 2.05) is 4.90 Å². The summed E-state index contributed by atoms with van der Waals surface area (Å²) in [6, 6.07) is 4.03. The van der Waals surface area contributed by atoms with Gasteiger partial charge in [0.25, 0.3) is 5.91 Å². The number of nitrogens with two attached hydrogens (primary N) is 1. The summed E-state index contributed by atoms with van der Waals surface area (Å²) in [5.41, 5.74) is 5.69. The van der Waals surface area contributed by atoms with Crippen LogP contribution in [-0.4, -0.2) is 47.0 Å². The van der Waals surface area contributed by atoms with E-state index in [0.717, 1.165) is 6.07 Å². The summed E-state index contributed by atoms with van der Waals surface area (Å²) in [6.07, 6.45) is 1.34. The summed E-state index contributed by atoms with van der Waals surface area (Å²) < 4.78 is 13.9. The molecule has 2 N–H and O–H groups in total. The maximum absolute atomic E-state index is 13.9. The minimum absolute atomic E-state index is 0.0113. The third-order valence-electron chi connectivity index (χ3n) is 3.83. The molecular formula is C15H14Cl2FN5O. The van der Waals surface area contributed by atoms with Crippen molar-refractivity contribution in [3.05, 3.63) is 46.0 Å². The summed E-state index contributed by atoms with van der Waals surface area (Å²) in [6.45, 7) is 1.86. The molecule has 1 aromatic carbocycles. The molecule has 0 atom stereocenters. The molecule has 1 saturated heterocycles. The van der Waals surface area contributed by atoms with E-state index < -0.39 is 5.82 Å². The molecule has 0 spiro atoms. The second-order valence-corrected chi connectivity index (χ2v) is 6.11. The molecule has 2 aromatic rings. The molecule has 2 heterocycles. The third kappa shape index (κ3) is 3.22. The standard InChI is InChI=1S/C15H14Cl2FN5O/c16-9-1-2-10(11(18)7-9)15(24)23-5-3-22(4-6-23)14-12(17)13(19)20-8-21-14/h1-2,7-8H,3-6H2,(H2,19,20,21). The smallest absolute Gasteiger partial charge is 0.256 e. The number of hydrogen-bond donors (Lipinski definition) is 1. The largest absolute Gasteiger partial charge is 0.382 e. The Morgan fingerprint density at radius 2 is 1.88 bits per heavy atom. The van der Waals surface area contributed by atoms with Crippen LogP contribution in [0.25, 0.3) is 0 Å². The summed E-state index contributed by atoms with van der Waals surface area (Å²) in [5.74, 6) is -0.240. The lowest BCUT2D eigenvalue weighted by Gasteiger charge is -2.35. The first-order valence-electron chi connectivity index (χ1n) is 7.22. The number of benzene rings is 1. The molecule has 24 heavy (non-hydrogen) atoms. The Bertz CT molecular complexity index is 780. The van der Waals surface area contributed by atoms with Gasteiger partial charge in [-0.05, 0) is 18.2 Å². The Balaban J connectivity index is 1.71. The van der Waals surface area contributed by atoms with E-state index in [2.05, 4.69) is 9.97 Å². The predicted octanol–water partition coefficient (Wildman–Crippen LogP) is 2.47. The fourth-order valence-electron chi connectivity index (χ4n) is 2.55. The molecule has 0 aliphatic carbocycles. The fourth-order valence-corrected chi connectivity index (χ4v) is 2.92. The molecule has 0 saturated carbocycles. The summed E-state index contributed by atoms with van der Waals surface area (Å²) >= 11 is 11.8. The molecule has 1 aromatic heterocycles. The van der Waals surface area contributed by atoms with E-state index >= 15 is 0 Å². The van der Waals surface area contributed by atoms with Crippen molar-refractivity contribution in [2.24, 2.45) is 0 Å². The maximum atomic E-state index is 13.9. The number of piperazine rings is 1. The van der Waals surface area contributed by atoms with Crippen LogP contribution in [0.1, 0.15) is 10.4 Å². The average Bonchev–Trinajstić information content (AvgIpc) is 2.57. The Labute approximate surface area is 148 Å². The molecule has 1 amide bonds. The SMILES string of the molecule is Nc1ncnc(N2CCN(C(=O)c3ccc(Cl)cc3F)CC2)c1Cl. The van der Waals surface area contributed by atoms with E-state index in [1.165, 1.54) is 18.5 Å². The first kappa shape index (κ1) is 16.7. The molecule has 6 nitrogen and oxygen atoms in total. The highest BCUT2D eigenvalue weighted by Crippen LogP contribution is 2.28. The van der Waals surface area contributed by atoms with Crippen LogP contribution in [0, 0.1) is 5.82 Å². The molecule has 1 aliphatic heterocycles. The van der Waals surface area contributed by atoms with Crippen molar-refractivity contribution in [2.75, 3.05) is 36.8 Å². The topological polar surface area (TPSA) is 75.3 Å². The van der Waals surface area contributed by atoms with Gasteiger partial charge in [-0.3, -0.25) is 4.79 Å². The second-order valence-electron chi connectivity index (χ2n) is 5.30. The van der Waals surface area contributed by atoms with E-state index in [1.54, 1.807) is 4.90 Å². The first-order valence-corrected chi connectivity index (χ1v) is 7.98. The first-order chi connectivity index (χ1) is 11.5. The maximum Gasteiger partial charge on any atom is 0.256 e. The molecule has 1 fully saturated rings. The van der Waals surface area contributed by atoms with Gasteiger partial charge < -0.3 is 15.5 Å². The summed E-state index contributed by atoms with van der Waals surface area (Å²) in [5, 5.41) is 0.547. The van der Waals surface area contributed by atoms with Crippen LogP contribution in [-0.2, 0) is 0 Å². The minimum Gasteiger partial charge on any atom is -0.382 e. The van der Waals surface area contributed by atoms with Gasteiger partial charge in [0.15, 0.2) is 5.82 Å². The number of carbonyl (C=O) groups excluding carboxylic acids is 1. The van der Waals surface area contributed by atoms with E-state index in [-0.39, 0.29) is 22.3 Å². The number of rotatable bonds is 2. The van der Waals surface area contributed by atoms with Crippen LogP contribution in [0.2, 0.25) is 10.0 Å². The lowest BCUT2D eigenvalue weighted by molar-refractivity contribution is 0.0742. The highest BCUT2D eigenvalue weighted by molar-refractivity contribution is 6.35. The van der Waals surface area contributed by atoms with Gasteiger partial charge in [-0.25, -0.2) is 14.4 Å². The molecule has 126 valence electrons. The normalized spacial score (nSPS) is 14.8. The van der Waals surface area contributed by atoms with Crippen molar-refractivity contribution in [3.8, 4) is 0 Å². The van der Waals surface area contributed by atoms with Gasteiger partial charge in [0.1, 0.15) is 23.0 Å². The highest BCUT2D eigenvalue weighted by atomic mass is 35.5. The highest BCUT2D eigenvalue weighted by Gasteiger charge is 2.26. The van der Waals surface area contributed by atoms with Crippen molar-refractivity contribution in [2.45, 2.75) is 0 Å². The van der Waals surface area contributed by atoms with E-state index in [0.29, 0.717) is 37.0 Å². The Kier molecular flexibility index (Phi) is 4.73. The van der Waals surface area contributed by atoms with Crippen molar-refractivity contribution in [1.82, 2.24) is 14.9 Å². The number of halogens is 3. The zero-order chi connectivity index (χ0) is 17.3. The van der Waals surface area contributed by atoms with Crippen molar-refractivity contribution in [1.29, 1.82) is 0 Å². The number of anilines is 2. The number of nitrogens with zero attached hydrogens (tertiary/aromatic N) is 4. The molecule has 1 aliphatic rings. The van der Waals surface area contributed by atoms with Crippen LogP contribution < -0.4 is 10.6 Å². The molecule has 3 rings (SSSR count). The van der Waals surface area contributed by atoms with Gasteiger partial charge in [0.05, 0.1) is 5.56 Å². The average molecular weight is 370 g/mol. The number of amides is 1. The quantitative estimate of drug-likeness (QED) is 0.879. The molecule has 0 radical (unpaired) electrons. The lowest BCUT2D eigenvalue weighted by Crippen LogP contribution is -2.49. The Morgan fingerprint density at radius 3 is 2.54 bits per heavy atom. The fraction of sp³-hybridized carbons (Fsp3) is 0.267. The van der Waals surface area contributed by atoms with Crippen molar-refractivity contribution < 1.29 is 9.18 Å². The summed E-state index contributed by atoms with van der Waals surface area (Å²) in [7, 11) is 0. The van der Waals surface area contributed by atoms with Crippen LogP contribution in [0.5, 0.6) is 0 Å². The third-order valence-corrected chi connectivity index (χ3v) is 4.42. The van der Waals surface area contributed by atoms with Gasteiger partial charge in [-0.15, -0.1) is 0 Å². The van der Waals surface area contributed by atoms with E-state index in [9.17, 15) is 9.18 Å². The Hall–Kier alpha value is -2.12. The van der Waals surface area contributed by atoms with Gasteiger partial charge in [0, 0.05) is 31.2 Å². The van der Waals surface area contributed by atoms with Gasteiger partial charge in [-0.1, -0.05) is 23.2 Å². The zero-order valence-electron chi connectivity index (χ0n) is 12.5. The Morgan fingerprint density at radius 1 is 1.17 bits per heavy atom. The van der Waals surface area contributed by atoms with Gasteiger partial charge in [0.2, 0.25) is 0 Å². The lowest BCUT2D eigenvalue weighted by atomic mass is 10.1. The second kappa shape index (κ2) is 6.78. The predicted molar refractivity (Wildman–Crippen MR) is 91.0 cm³/mol. The number of aromatic nitrogens is 2.